The molecule has 0 spiro atoms. The number of halogens is 4. The second kappa shape index (κ2) is 6.66. The number of ether oxygens (including phenoxy) is 1. The molecule has 1 rings (SSSR count). The van der Waals surface area contributed by atoms with Gasteiger partial charge in [-0.1, -0.05) is 5.16 Å². The normalized spacial score (nSPS) is 13.7. The number of nitrogens with two attached hydrogens (primary N) is 1. The molecule has 0 aliphatic rings. The first-order valence-corrected chi connectivity index (χ1v) is 6.27. The second-order valence-electron chi connectivity index (χ2n) is 3.93. The fourth-order valence-corrected chi connectivity index (χ4v) is 1.72. The number of oxime groups is 1. The highest BCUT2D eigenvalue weighted by Crippen LogP contribution is 2.32. The first kappa shape index (κ1) is 17.1. The Morgan fingerprint density at radius 2 is 2.14 bits per heavy atom. The molecule has 21 heavy (non-hydrogen) atoms. The van der Waals surface area contributed by atoms with Crippen LogP contribution in [-0.4, -0.2) is 23.3 Å². The van der Waals surface area contributed by atoms with Crippen LogP contribution < -0.4 is 15.8 Å². The predicted molar refractivity (Wildman–Crippen MR) is 72.0 cm³/mol. The molecule has 6 nitrogen and oxygen atoms in total. The highest BCUT2D eigenvalue weighted by atomic mass is 79.9. The average molecular weight is 370 g/mol. The number of amides is 1. The van der Waals surface area contributed by atoms with Crippen LogP contribution in [0.15, 0.2) is 27.8 Å². The fraction of sp³-hybridized carbons (Fsp3) is 0.273. The molecule has 0 aromatic heterocycles. The summed E-state index contributed by atoms with van der Waals surface area (Å²) in [6.45, 7) is 1.40. The number of amidine groups is 1. The Morgan fingerprint density at radius 3 is 2.62 bits per heavy atom. The van der Waals surface area contributed by atoms with Crippen molar-refractivity contribution in [2.45, 2.75) is 13.3 Å². The number of carbonyl (C=O) groups is 1. The van der Waals surface area contributed by atoms with E-state index >= 15 is 0 Å². The maximum atomic E-state index is 12.1. The topological polar surface area (TPSA) is 96.9 Å². The van der Waals surface area contributed by atoms with Crippen LogP contribution in [0, 0.1) is 5.92 Å². The molecule has 0 bridgehead atoms. The highest BCUT2D eigenvalue weighted by molar-refractivity contribution is 9.10. The Bertz CT molecular complexity index is 563. The van der Waals surface area contributed by atoms with Gasteiger partial charge in [0, 0.05) is 5.69 Å². The van der Waals surface area contributed by atoms with Gasteiger partial charge in [0.05, 0.1) is 10.4 Å². The molecule has 0 saturated heterocycles. The molecular weight excluding hydrogens is 359 g/mol. The predicted octanol–water partition coefficient (Wildman–Crippen LogP) is 2.67. The number of anilines is 1. The molecule has 4 N–H and O–H groups in total. The molecule has 1 unspecified atom stereocenters. The molecular formula is C11H11BrF3N3O3. The minimum absolute atomic E-state index is 0.00840. The van der Waals surface area contributed by atoms with Crippen LogP contribution in [0.3, 0.4) is 0 Å². The van der Waals surface area contributed by atoms with E-state index in [1.807, 2.05) is 0 Å². The maximum absolute atomic E-state index is 12.1. The Hall–Kier alpha value is -1.97. The zero-order valence-electron chi connectivity index (χ0n) is 10.6. The summed E-state index contributed by atoms with van der Waals surface area (Å²) in [5.74, 6) is -2.21. The number of alkyl halides is 3. The lowest BCUT2D eigenvalue weighted by Crippen LogP contribution is -2.32. The van der Waals surface area contributed by atoms with Gasteiger partial charge in [0.15, 0.2) is 5.84 Å². The van der Waals surface area contributed by atoms with Crippen molar-refractivity contribution in [1.82, 2.24) is 0 Å². The zero-order valence-corrected chi connectivity index (χ0v) is 12.2. The molecule has 0 aliphatic carbocycles. The van der Waals surface area contributed by atoms with Crippen molar-refractivity contribution < 1.29 is 27.9 Å². The molecule has 10 heteroatoms. The molecule has 0 heterocycles. The number of hydrogen-bond acceptors (Lipinski definition) is 4. The minimum Gasteiger partial charge on any atom is -0.409 e. The van der Waals surface area contributed by atoms with Gasteiger partial charge in [-0.15, -0.1) is 13.2 Å². The van der Waals surface area contributed by atoms with Crippen LogP contribution in [0.4, 0.5) is 18.9 Å². The first-order chi connectivity index (χ1) is 9.64. The summed E-state index contributed by atoms with van der Waals surface area (Å²) in [4.78, 5) is 11.7. The highest BCUT2D eigenvalue weighted by Gasteiger charge is 2.32. The van der Waals surface area contributed by atoms with E-state index in [1.54, 1.807) is 0 Å². The van der Waals surface area contributed by atoms with Crippen LogP contribution in [0.1, 0.15) is 6.92 Å². The number of rotatable bonds is 4. The van der Waals surface area contributed by atoms with Crippen molar-refractivity contribution in [3.8, 4) is 5.75 Å². The van der Waals surface area contributed by atoms with Gasteiger partial charge < -0.3 is 21.0 Å². The van der Waals surface area contributed by atoms with E-state index in [0.717, 1.165) is 6.07 Å². The summed E-state index contributed by atoms with van der Waals surface area (Å²) in [5, 5.41) is 13.6. The summed E-state index contributed by atoms with van der Waals surface area (Å²) in [5.41, 5.74) is 5.50. The smallest absolute Gasteiger partial charge is 0.409 e. The summed E-state index contributed by atoms with van der Waals surface area (Å²) in [7, 11) is 0. The van der Waals surface area contributed by atoms with E-state index in [2.05, 4.69) is 31.1 Å². The van der Waals surface area contributed by atoms with Gasteiger partial charge in [-0.2, -0.15) is 0 Å². The molecule has 0 aliphatic heterocycles. The van der Waals surface area contributed by atoms with Crippen LogP contribution in [0.5, 0.6) is 5.75 Å². The van der Waals surface area contributed by atoms with Crippen LogP contribution >= 0.6 is 15.9 Å². The lowest BCUT2D eigenvalue weighted by Gasteiger charge is -2.13. The van der Waals surface area contributed by atoms with Crippen molar-refractivity contribution in [2.24, 2.45) is 16.8 Å². The SMILES string of the molecule is CC(C(=O)Nc1ccc(OC(F)(F)F)c(Br)c1)/C(N)=N/O. The lowest BCUT2D eigenvalue weighted by molar-refractivity contribution is -0.274. The third-order valence-corrected chi connectivity index (χ3v) is 3.00. The zero-order chi connectivity index (χ0) is 16.2. The number of nitrogens with zero attached hydrogens (tertiary/aromatic N) is 1. The van der Waals surface area contributed by atoms with Crippen molar-refractivity contribution >= 4 is 33.4 Å². The standard InChI is InChI=1S/C11H11BrF3N3O3/c1-5(9(16)18-20)10(19)17-6-2-3-8(7(12)4-6)21-11(13,14)15/h2-5,20H,1H3,(H2,16,18)(H,17,19). The summed E-state index contributed by atoms with van der Waals surface area (Å²) >= 11 is 2.90. The molecule has 0 saturated carbocycles. The minimum atomic E-state index is -4.81. The Morgan fingerprint density at radius 1 is 1.52 bits per heavy atom. The van der Waals surface area contributed by atoms with E-state index < -0.39 is 23.9 Å². The van der Waals surface area contributed by atoms with E-state index in [0.29, 0.717) is 0 Å². The first-order valence-electron chi connectivity index (χ1n) is 5.47. The van der Waals surface area contributed by atoms with Gasteiger partial charge >= 0.3 is 6.36 Å². The molecule has 1 aromatic rings. The van der Waals surface area contributed by atoms with Crippen LogP contribution in [0.2, 0.25) is 0 Å². The van der Waals surface area contributed by atoms with Gasteiger partial charge in [-0.25, -0.2) is 0 Å². The van der Waals surface area contributed by atoms with Crippen molar-refractivity contribution in [1.29, 1.82) is 0 Å². The van der Waals surface area contributed by atoms with Gasteiger partial charge in [0.1, 0.15) is 5.75 Å². The molecule has 1 aromatic carbocycles. The third-order valence-electron chi connectivity index (χ3n) is 2.38. The Labute approximate surface area is 125 Å². The number of carbonyl (C=O) groups excluding carboxylic acids is 1. The van der Waals surface area contributed by atoms with E-state index in [4.69, 9.17) is 10.9 Å². The van der Waals surface area contributed by atoms with Crippen molar-refractivity contribution in [3.05, 3.63) is 22.7 Å². The fourth-order valence-electron chi connectivity index (χ4n) is 1.26. The summed E-state index contributed by atoms with van der Waals surface area (Å²) in [6.07, 6.45) is -4.81. The monoisotopic (exact) mass is 369 g/mol. The molecule has 0 fully saturated rings. The van der Waals surface area contributed by atoms with Gasteiger partial charge in [-0.3, -0.25) is 4.79 Å². The van der Waals surface area contributed by atoms with Crippen LogP contribution in [-0.2, 0) is 4.79 Å². The van der Waals surface area contributed by atoms with Crippen molar-refractivity contribution in [2.75, 3.05) is 5.32 Å². The van der Waals surface area contributed by atoms with Gasteiger partial charge in [-0.05, 0) is 41.1 Å². The lowest BCUT2D eigenvalue weighted by atomic mass is 10.1. The molecule has 0 radical (unpaired) electrons. The largest absolute Gasteiger partial charge is 0.573 e. The third kappa shape index (κ3) is 5.14. The number of nitrogens with one attached hydrogen (secondary N) is 1. The number of benzene rings is 1. The Kier molecular flexibility index (Phi) is 5.41. The van der Waals surface area contributed by atoms with E-state index in [1.165, 1.54) is 19.1 Å². The Balaban J connectivity index is 2.83. The second-order valence-corrected chi connectivity index (χ2v) is 4.78. The van der Waals surface area contributed by atoms with Gasteiger partial charge in [0.25, 0.3) is 0 Å². The molecule has 116 valence electrons. The molecule has 1 amide bonds. The quantitative estimate of drug-likeness (QED) is 0.329. The summed E-state index contributed by atoms with van der Waals surface area (Å²) in [6, 6.07) is 3.50. The van der Waals surface area contributed by atoms with Crippen molar-refractivity contribution in [3.63, 3.8) is 0 Å². The maximum Gasteiger partial charge on any atom is 0.573 e. The van der Waals surface area contributed by atoms with Crippen LogP contribution in [0.25, 0.3) is 0 Å². The van der Waals surface area contributed by atoms with Gasteiger partial charge in [0.2, 0.25) is 5.91 Å². The van der Waals surface area contributed by atoms with E-state index in [-0.39, 0.29) is 16.0 Å². The average Bonchev–Trinajstić information content (AvgIpc) is 2.38. The summed E-state index contributed by atoms with van der Waals surface area (Å²) < 4.78 is 40.1. The van der Waals surface area contributed by atoms with E-state index in [9.17, 15) is 18.0 Å². The molecule has 1 atom stereocenters. The number of hydrogen-bond donors (Lipinski definition) is 3.